The second-order valence-electron chi connectivity index (χ2n) is 22.2. The fourth-order valence-corrected chi connectivity index (χ4v) is 14.7. The summed E-state index contributed by atoms with van der Waals surface area (Å²) in [6, 6.07) is 0. The van der Waals surface area contributed by atoms with Crippen LogP contribution >= 0.6 is 0 Å². The Morgan fingerprint density at radius 3 is 2.08 bits per heavy atom. The van der Waals surface area contributed by atoms with Crippen LogP contribution in [0, 0.1) is 40.4 Å². The van der Waals surface area contributed by atoms with E-state index in [1.807, 2.05) is 6.92 Å². The second kappa shape index (κ2) is 19.8. The molecule has 8 fully saturated rings. The first-order chi connectivity index (χ1) is 33.4. The Hall–Kier alpha value is -2.71. The van der Waals surface area contributed by atoms with Crippen molar-refractivity contribution in [3.8, 4) is 0 Å². The van der Waals surface area contributed by atoms with Gasteiger partial charge in [-0.3, -0.25) is 14.4 Å². The predicted octanol–water partition coefficient (Wildman–Crippen LogP) is 0.426. The van der Waals surface area contributed by atoms with Crippen molar-refractivity contribution in [2.45, 2.75) is 216 Å². The number of hydrogen-bond acceptors (Lipinski definition) is 21. The van der Waals surface area contributed by atoms with Crippen molar-refractivity contribution < 1.29 is 102 Å². The number of ether oxygens (including phenoxy) is 11. The number of carbonyl (C=O) groups is 3. The molecule has 0 amide bonds. The number of hydrogen-bond donors (Lipinski definition) is 7. The first-order valence-corrected chi connectivity index (χ1v) is 25.3. The van der Waals surface area contributed by atoms with E-state index >= 15 is 0 Å². The number of carbonyl (C=O) groups excluding carboxylic acids is 3. The number of aliphatic hydroxyl groups is 7. The molecular weight excluding hydrogens is 937 g/mol. The fraction of sp³-hybridized carbons (Fsp3) is 0.860. The highest BCUT2D eigenvalue weighted by Gasteiger charge is 2.72. The Balaban J connectivity index is 0.945. The van der Waals surface area contributed by atoms with Crippen LogP contribution in [0.15, 0.2) is 23.8 Å². The van der Waals surface area contributed by atoms with Crippen LogP contribution in [-0.4, -0.2) is 189 Å². The van der Waals surface area contributed by atoms with Gasteiger partial charge in [0.15, 0.2) is 37.2 Å². The first kappa shape index (κ1) is 53.1. The molecule has 9 rings (SSSR count). The van der Waals surface area contributed by atoms with E-state index in [-0.39, 0.29) is 60.7 Å². The molecule has 0 aromatic carbocycles. The summed E-state index contributed by atoms with van der Waals surface area (Å²) in [5.41, 5.74) is 0.561. The zero-order valence-electron chi connectivity index (χ0n) is 41.6. The van der Waals surface area contributed by atoms with Gasteiger partial charge in [0.1, 0.15) is 48.8 Å². The SMILES string of the molecule is C=C1CO[C@@]2(O[C@H]3C[C@H]4[C@@H]5CC=C6C[C@@H](O)C[C@@H](O[C@@H]7OC[C@H](O)[C@H](O)[C@H]7O[C@@H]7O[C@@H](C)[C@H](OC(C)=O)[C@@H](OC(C)=O)[C@H]7OC(C)=O)[C@]6(C)[C@H]5CC[C@]4(C)[C@H]3[C@@H]2C)[C@@H](O)[C@H]1O[C@@H]1O[C@H](C)[C@H](O)[C@H](O)[C@H]1O. The van der Waals surface area contributed by atoms with Crippen molar-refractivity contribution >= 4 is 17.9 Å². The molecule has 0 aromatic rings. The lowest BCUT2D eigenvalue weighted by Crippen LogP contribution is -2.65. The lowest BCUT2D eigenvalue weighted by molar-refractivity contribution is -0.363. The lowest BCUT2D eigenvalue weighted by Gasteiger charge is -2.60. The van der Waals surface area contributed by atoms with Crippen molar-refractivity contribution in [2.75, 3.05) is 13.2 Å². The molecule has 0 aromatic heterocycles. The molecule has 27 atom stereocenters. The Bertz CT molecular complexity index is 2050. The third kappa shape index (κ3) is 9.02. The first-order valence-electron chi connectivity index (χ1n) is 25.3. The van der Waals surface area contributed by atoms with Gasteiger partial charge in [-0.2, -0.15) is 0 Å². The maximum atomic E-state index is 12.5. The van der Waals surface area contributed by atoms with Crippen LogP contribution in [-0.2, 0) is 66.5 Å². The summed E-state index contributed by atoms with van der Waals surface area (Å²) in [5, 5.41) is 77.7. The number of aliphatic hydroxyl groups excluding tert-OH is 7. The van der Waals surface area contributed by atoms with Crippen molar-refractivity contribution in [3.05, 3.63) is 23.8 Å². The Labute approximate surface area is 412 Å². The van der Waals surface area contributed by atoms with Crippen molar-refractivity contribution in [3.63, 3.8) is 0 Å². The van der Waals surface area contributed by atoms with Gasteiger partial charge in [-0.05, 0) is 80.6 Å². The fourth-order valence-electron chi connectivity index (χ4n) is 14.7. The van der Waals surface area contributed by atoms with Gasteiger partial charge in [-0.25, -0.2) is 0 Å². The van der Waals surface area contributed by atoms with Gasteiger partial charge in [-0.1, -0.05) is 39.0 Å². The Kier molecular flexibility index (Phi) is 14.8. The molecule has 400 valence electrons. The van der Waals surface area contributed by atoms with E-state index in [1.54, 1.807) is 13.8 Å². The summed E-state index contributed by atoms with van der Waals surface area (Å²) in [4.78, 5) is 37.0. The molecule has 5 heterocycles. The predicted molar refractivity (Wildman–Crippen MR) is 240 cm³/mol. The number of esters is 3. The lowest BCUT2D eigenvalue weighted by atomic mass is 9.46. The minimum Gasteiger partial charge on any atom is -0.456 e. The zero-order valence-corrected chi connectivity index (χ0v) is 41.6. The van der Waals surface area contributed by atoms with Crippen molar-refractivity contribution in [1.29, 1.82) is 0 Å². The van der Waals surface area contributed by atoms with Crippen LogP contribution in [0.1, 0.15) is 93.9 Å². The van der Waals surface area contributed by atoms with Gasteiger partial charge in [0.2, 0.25) is 5.79 Å². The largest absolute Gasteiger partial charge is 0.456 e. The highest BCUT2D eigenvalue weighted by atomic mass is 16.8. The standard InChI is InChI=1S/C50H74O21/c1-19-17-62-50(44(60)39(19)69-45-38(59)37(58)35(56)21(3)63-45)20(2)34-32(71-50)16-30-28-11-10-26-14-27(54)15-33(49(26,9)29(28)12-13-48(30,34)8)68-46-41(36(57)31(55)18-61-46)70-47-43(67-25(7)53)42(66-24(6)52)40(22(4)64-47)65-23(5)51/h10,20-22,27-47,54-60H,1,11-18H2,2-9H3/t20-,21+,22-,27+,28+,29-,30-,31-,32-,33+,34-,35-,36-,37-,38+,39-,40-,41+,42+,43+,44-,45-,46-,47-,48-,49-,50-/m0/s1. The summed E-state index contributed by atoms with van der Waals surface area (Å²) < 4.78 is 67.5. The van der Waals surface area contributed by atoms with Gasteiger partial charge < -0.3 is 87.9 Å². The third-order valence-electron chi connectivity index (χ3n) is 18.1. The molecule has 0 bridgehead atoms. The molecular formula is C50H74O21. The number of rotatable bonds is 9. The van der Waals surface area contributed by atoms with Crippen molar-refractivity contribution in [1.82, 2.24) is 0 Å². The summed E-state index contributed by atoms with van der Waals surface area (Å²) in [6.07, 6.45) is -17.4. The van der Waals surface area contributed by atoms with E-state index in [0.29, 0.717) is 18.4 Å². The van der Waals surface area contributed by atoms with E-state index in [0.717, 1.165) is 38.7 Å². The van der Waals surface area contributed by atoms with E-state index in [2.05, 4.69) is 26.5 Å². The molecule has 7 N–H and O–H groups in total. The quantitative estimate of drug-likeness (QED) is 0.0936. The van der Waals surface area contributed by atoms with Crippen LogP contribution < -0.4 is 0 Å². The summed E-state index contributed by atoms with van der Waals surface area (Å²) in [7, 11) is 0. The van der Waals surface area contributed by atoms with Gasteiger partial charge in [0, 0.05) is 38.5 Å². The van der Waals surface area contributed by atoms with Crippen LogP contribution in [0.3, 0.4) is 0 Å². The van der Waals surface area contributed by atoms with Gasteiger partial charge in [0.05, 0.1) is 43.7 Å². The third-order valence-corrected chi connectivity index (χ3v) is 18.1. The van der Waals surface area contributed by atoms with Gasteiger partial charge >= 0.3 is 17.9 Å². The zero-order chi connectivity index (χ0) is 51.4. The smallest absolute Gasteiger partial charge is 0.303 e. The molecule has 5 saturated heterocycles. The van der Waals surface area contributed by atoms with E-state index in [1.165, 1.54) is 6.92 Å². The second-order valence-corrected chi connectivity index (χ2v) is 22.2. The molecule has 1 spiro atoms. The monoisotopic (exact) mass is 1010 g/mol. The Morgan fingerprint density at radius 2 is 1.39 bits per heavy atom. The highest BCUT2D eigenvalue weighted by molar-refractivity contribution is 5.68. The van der Waals surface area contributed by atoms with Crippen molar-refractivity contribution in [2.24, 2.45) is 40.4 Å². The summed E-state index contributed by atoms with van der Waals surface area (Å²) in [5.74, 6) is -3.71. The van der Waals surface area contributed by atoms with Gasteiger partial charge in [0.25, 0.3) is 0 Å². The molecule has 0 radical (unpaired) electrons. The number of allylic oxidation sites excluding steroid dienone is 1. The average molecular weight is 1010 g/mol. The van der Waals surface area contributed by atoms with Crippen LogP contribution in [0.5, 0.6) is 0 Å². The Morgan fingerprint density at radius 1 is 0.732 bits per heavy atom. The maximum Gasteiger partial charge on any atom is 0.303 e. The number of fused-ring (bicyclic) bond motifs is 7. The topological polar surface area (TPSA) is 294 Å². The molecule has 3 saturated carbocycles. The molecule has 0 unspecified atom stereocenters. The minimum absolute atomic E-state index is 0.0105. The normalized spacial score (nSPS) is 52.6. The molecule has 9 aliphatic rings. The maximum absolute atomic E-state index is 12.5. The van der Waals surface area contributed by atoms with Crippen LogP contribution in [0.2, 0.25) is 0 Å². The molecule has 4 aliphatic carbocycles. The summed E-state index contributed by atoms with van der Waals surface area (Å²) in [6.45, 7) is 16.8. The van der Waals surface area contributed by atoms with Crippen LogP contribution in [0.25, 0.3) is 0 Å². The minimum atomic E-state index is -1.61. The molecule has 21 nitrogen and oxygen atoms in total. The van der Waals surface area contributed by atoms with E-state index in [9.17, 15) is 50.1 Å². The average Bonchev–Trinajstić information content (AvgIpc) is 3.76. The molecule has 5 aliphatic heterocycles. The van der Waals surface area contributed by atoms with Crippen LogP contribution in [0.4, 0.5) is 0 Å². The van der Waals surface area contributed by atoms with Gasteiger partial charge in [-0.15, -0.1) is 0 Å². The highest BCUT2D eigenvalue weighted by Crippen LogP contribution is 2.71. The summed E-state index contributed by atoms with van der Waals surface area (Å²) >= 11 is 0. The van der Waals surface area contributed by atoms with E-state index in [4.69, 9.17) is 52.1 Å². The molecule has 21 heteroatoms. The molecule has 71 heavy (non-hydrogen) atoms. The van der Waals surface area contributed by atoms with E-state index < -0.39 is 140 Å².